The van der Waals surface area contributed by atoms with Gasteiger partial charge in [0.2, 0.25) is 0 Å². The molecule has 1 aliphatic rings. The molecule has 2 rings (SSSR count). The van der Waals surface area contributed by atoms with Crippen LogP contribution in [-0.2, 0) is 12.0 Å². The van der Waals surface area contributed by atoms with Crippen molar-refractivity contribution >= 4 is 0 Å². The van der Waals surface area contributed by atoms with Crippen LogP contribution in [0, 0.1) is 0 Å². The Kier molecular flexibility index (Phi) is 2.03. The van der Waals surface area contributed by atoms with Crippen LogP contribution >= 0.6 is 0 Å². The molecule has 1 nitrogen and oxygen atoms in total. The predicted octanol–water partition coefficient (Wildman–Crippen LogP) is 3.12. The van der Waals surface area contributed by atoms with E-state index in [0.717, 1.165) is 0 Å². The summed E-state index contributed by atoms with van der Waals surface area (Å²) in [5.41, 5.74) is 1.71. The van der Waals surface area contributed by atoms with Crippen LogP contribution in [0.2, 0.25) is 0 Å². The first-order valence-electron chi connectivity index (χ1n) is 5.11. The molecule has 0 amide bonds. The molecular weight excluding hydrogens is 158 g/mol. The standard InChI is InChI=1S/C12H17N/c1-3-12(4-2)8-6-10-13-9-5-7-11(12)13/h3,5,7,9H,1,4,6,8,10H2,2H3. The van der Waals surface area contributed by atoms with E-state index in [9.17, 15) is 0 Å². The lowest BCUT2D eigenvalue weighted by molar-refractivity contribution is 0.364. The minimum atomic E-state index is 0.252. The molecule has 1 atom stereocenters. The second-order valence-corrected chi connectivity index (χ2v) is 3.90. The minimum Gasteiger partial charge on any atom is -0.351 e. The average Bonchev–Trinajstić information content (AvgIpc) is 2.65. The number of rotatable bonds is 2. The first kappa shape index (κ1) is 8.61. The molecule has 0 N–H and O–H groups in total. The van der Waals surface area contributed by atoms with Gasteiger partial charge in [0, 0.05) is 23.9 Å². The normalized spacial score (nSPS) is 26.8. The van der Waals surface area contributed by atoms with E-state index in [-0.39, 0.29) is 5.41 Å². The van der Waals surface area contributed by atoms with Gasteiger partial charge in [0.15, 0.2) is 0 Å². The van der Waals surface area contributed by atoms with Crippen LogP contribution in [0.15, 0.2) is 31.0 Å². The van der Waals surface area contributed by atoms with Crippen LogP contribution in [0.25, 0.3) is 0 Å². The monoisotopic (exact) mass is 175 g/mol. The number of hydrogen-bond donors (Lipinski definition) is 0. The Labute approximate surface area is 80.1 Å². The van der Waals surface area contributed by atoms with Crippen LogP contribution in [0.4, 0.5) is 0 Å². The summed E-state index contributed by atoms with van der Waals surface area (Å²) in [7, 11) is 0. The number of hydrogen-bond acceptors (Lipinski definition) is 0. The van der Waals surface area contributed by atoms with Crippen molar-refractivity contribution in [2.75, 3.05) is 0 Å². The molecule has 0 fully saturated rings. The summed E-state index contributed by atoms with van der Waals surface area (Å²) in [6, 6.07) is 4.39. The fourth-order valence-electron chi connectivity index (χ4n) is 2.46. The van der Waals surface area contributed by atoms with Gasteiger partial charge in [-0.3, -0.25) is 0 Å². The van der Waals surface area contributed by atoms with E-state index < -0.39 is 0 Å². The summed E-state index contributed by atoms with van der Waals surface area (Å²) in [5.74, 6) is 0. The number of allylic oxidation sites excluding steroid dienone is 1. The number of nitrogens with zero attached hydrogens (tertiary/aromatic N) is 1. The molecule has 70 valence electrons. The zero-order chi connectivity index (χ0) is 9.31. The summed E-state index contributed by atoms with van der Waals surface area (Å²) in [6.45, 7) is 7.43. The van der Waals surface area contributed by atoms with Gasteiger partial charge in [0.1, 0.15) is 0 Å². The fraction of sp³-hybridized carbons (Fsp3) is 0.500. The molecule has 0 aromatic carbocycles. The van der Waals surface area contributed by atoms with E-state index >= 15 is 0 Å². The van der Waals surface area contributed by atoms with Gasteiger partial charge < -0.3 is 4.57 Å². The summed E-state index contributed by atoms with van der Waals surface area (Å²) in [5, 5.41) is 0. The lowest BCUT2D eigenvalue weighted by atomic mass is 9.76. The third-order valence-electron chi connectivity index (χ3n) is 3.38. The fourth-order valence-corrected chi connectivity index (χ4v) is 2.46. The minimum absolute atomic E-state index is 0.252. The molecule has 1 aliphatic heterocycles. The largest absolute Gasteiger partial charge is 0.351 e. The predicted molar refractivity (Wildman–Crippen MR) is 55.8 cm³/mol. The molecule has 1 aromatic heterocycles. The maximum Gasteiger partial charge on any atom is 0.0280 e. The number of aromatic nitrogens is 1. The summed E-state index contributed by atoms with van der Waals surface area (Å²) in [6.07, 6.45) is 8.03. The molecule has 1 unspecified atom stereocenters. The quantitative estimate of drug-likeness (QED) is 0.609. The molecule has 0 saturated heterocycles. The van der Waals surface area contributed by atoms with E-state index in [1.165, 1.54) is 31.5 Å². The number of fused-ring (bicyclic) bond motifs is 1. The van der Waals surface area contributed by atoms with Gasteiger partial charge >= 0.3 is 0 Å². The van der Waals surface area contributed by atoms with Crippen LogP contribution in [0.3, 0.4) is 0 Å². The topological polar surface area (TPSA) is 4.93 Å². The summed E-state index contributed by atoms with van der Waals surface area (Å²) >= 11 is 0. The Balaban J connectivity index is 2.49. The van der Waals surface area contributed by atoms with Crippen LogP contribution in [0.1, 0.15) is 31.9 Å². The Morgan fingerprint density at radius 3 is 3.23 bits per heavy atom. The van der Waals surface area contributed by atoms with Crippen molar-refractivity contribution in [3.63, 3.8) is 0 Å². The van der Waals surface area contributed by atoms with Crippen molar-refractivity contribution in [2.24, 2.45) is 0 Å². The Morgan fingerprint density at radius 1 is 1.69 bits per heavy atom. The van der Waals surface area contributed by atoms with Crippen molar-refractivity contribution in [2.45, 2.75) is 38.1 Å². The highest BCUT2D eigenvalue weighted by molar-refractivity contribution is 5.27. The average molecular weight is 175 g/mol. The van der Waals surface area contributed by atoms with Crippen LogP contribution in [0.5, 0.6) is 0 Å². The maximum atomic E-state index is 3.99. The van der Waals surface area contributed by atoms with Crippen molar-refractivity contribution in [1.29, 1.82) is 0 Å². The van der Waals surface area contributed by atoms with Crippen molar-refractivity contribution < 1.29 is 0 Å². The van der Waals surface area contributed by atoms with Gasteiger partial charge in [0.25, 0.3) is 0 Å². The second-order valence-electron chi connectivity index (χ2n) is 3.90. The third kappa shape index (κ3) is 1.14. The maximum absolute atomic E-state index is 3.99. The summed E-state index contributed by atoms with van der Waals surface area (Å²) in [4.78, 5) is 0. The molecule has 0 bridgehead atoms. The lowest BCUT2D eigenvalue weighted by Crippen LogP contribution is -2.30. The molecule has 13 heavy (non-hydrogen) atoms. The Hall–Kier alpha value is -0.980. The van der Waals surface area contributed by atoms with Crippen molar-refractivity contribution in [1.82, 2.24) is 4.57 Å². The Bertz CT molecular complexity index is 311. The van der Waals surface area contributed by atoms with E-state index in [1.54, 1.807) is 0 Å². The molecule has 2 heterocycles. The summed E-state index contributed by atoms with van der Waals surface area (Å²) < 4.78 is 2.37. The highest BCUT2D eigenvalue weighted by atomic mass is 15.0. The zero-order valence-electron chi connectivity index (χ0n) is 8.29. The van der Waals surface area contributed by atoms with Crippen molar-refractivity contribution in [3.05, 3.63) is 36.7 Å². The highest BCUT2D eigenvalue weighted by Crippen LogP contribution is 2.37. The molecule has 1 heteroatoms. The van der Waals surface area contributed by atoms with Gasteiger partial charge in [-0.25, -0.2) is 0 Å². The third-order valence-corrected chi connectivity index (χ3v) is 3.38. The molecule has 0 aliphatic carbocycles. The SMILES string of the molecule is C=CC1(CC)CCCn2cccc21. The first-order valence-corrected chi connectivity index (χ1v) is 5.11. The van der Waals surface area contributed by atoms with Crippen LogP contribution < -0.4 is 0 Å². The van der Waals surface area contributed by atoms with E-state index in [0.29, 0.717) is 0 Å². The Morgan fingerprint density at radius 2 is 2.54 bits per heavy atom. The molecule has 0 radical (unpaired) electrons. The molecule has 0 spiro atoms. The smallest absolute Gasteiger partial charge is 0.0280 e. The van der Waals surface area contributed by atoms with Crippen molar-refractivity contribution in [3.8, 4) is 0 Å². The molecule has 1 aromatic rings. The van der Waals surface area contributed by atoms with Gasteiger partial charge in [0.05, 0.1) is 0 Å². The van der Waals surface area contributed by atoms with E-state index in [4.69, 9.17) is 0 Å². The molecular formula is C12H17N. The first-order chi connectivity index (χ1) is 6.32. The van der Waals surface area contributed by atoms with E-state index in [2.05, 4.69) is 42.5 Å². The highest BCUT2D eigenvalue weighted by Gasteiger charge is 2.31. The zero-order valence-corrected chi connectivity index (χ0v) is 8.29. The van der Waals surface area contributed by atoms with Crippen LogP contribution in [-0.4, -0.2) is 4.57 Å². The van der Waals surface area contributed by atoms with Gasteiger partial charge in [-0.05, 0) is 31.4 Å². The van der Waals surface area contributed by atoms with Gasteiger partial charge in [-0.2, -0.15) is 0 Å². The lowest BCUT2D eigenvalue weighted by Gasteiger charge is -2.35. The van der Waals surface area contributed by atoms with E-state index in [1.807, 2.05) is 0 Å². The van der Waals surface area contributed by atoms with Gasteiger partial charge in [-0.15, -0.1) is 6.58 Å². The second kappa shape index (κ2) is 3.06. The number of aryl methyl sites for hydroxylation is 1. The van der Waals surface area contributed by atoms with Gasteiger partial charge in [-0.1, -0.05) is 13.0 Å². The molecule has 0 saturated carbocycles.